The van der Waals surface area contributed by atoms with E-state index in [1.54, 1.807) is 0 Å². The van der Waals surface area contributed by atoms with Crippen molar-refractivity contribution in [2.75, 3.05) is 0 Å². The van der Waals surface area contributed by atoms with E-state index in [0.717, 1.165) is 29.6 Å². The number of hydrogen-bond acceptors (Lipinski definition) is 0. The maximum atomic E-state index is 2.49. The zero-order chi connectivity index (χ0) is 13.4. The molecule has 0 saturated carbocycles. The summed E-state index contributed by atoms with van der Waals surface area (Å²) in [7, 11) is 0. The Bertz CT molecular complexity index is 169. The minimum Gasteiger partial charge on any atom is -0.0654 e. The fourth-order valence-corrected chi connectivity index (χ4v) is 2.93. The first-order valence-corrected chi connectivity index (χ1v) is 7.90. The molecule has 0 radical (unpaired) electrons. The second-order valence-electron chi connectivity index (χ2n) is 6.87. The zero-order valence-corrected chi connectivity index (χ0v) is 13.4. The molecule has 0 nitrogen and oxygen atoms in total. The van der Waals surface area contributed by atoms with Crippen LogP contribution in [0, 0.1) is 29.6 Å². The molecule has 0 aromatic heterocycles. The smallest absolute Gasteiger partial charge is 0.0358 e. The van der Waals surface area contributed by atoms with Crippen LogP contribution in [0.5, 0.6) is 0 Å². The van der Waals surface area contributed by atoms with Crippen LogP contribution >= 0.6 is 0 Å². The van der Waals surface area contributed by atoms with Crippen molar-refractivity contribution < 1.29 is 0 Å². The number of hydrogen-bond donors (Lipinski definition) is 0. The van der Waals surface area contributed by atoms with Crippen molar-refractivity contribution >= 4 is 0 Å². The van der Waals surface area contributed by atoms with Gasteiger partial charge in [-0.2, -0.15) is 0 Å². The van der Waals surface area contributed by atoms with Crippen LogP contribution in [0.25, 0.3) is 0 Å². The van der Waals surface area contributed by atoms with Gasteiger partial charge in [0.25, 0.3) is 0 Å². The molecule has 3 unspecified atom stereocenters. The molecule has 0 N–H and O–H groups in total. The third-order valence-corrected chi connectivity index (χ3v) is 4.46. The van der Waals surface area contributed by atoms with Crippen LogP contribution in [0.15, 0.2) is 0 Å². The fourth-order valence-electron chi connectivity index (χ4n) is 2.93. The van der Waals surface area contributed by atoms with Crippen molar-refractivity contribution in [3.63, 3.8) is 0 Å². The Morgan fingerprint density at radius 1 is 0.824 bits per heavy atom. The molecule has 0 aromatic rings. The zero-order valence-electron chi connectivity index (χ0n) is 13.4. The van der Waals surface area contributed by atoms with E-state index in [1.807, 2.05) is 0 Å². The van der Waals surface area contributed by atoms with E-state index in [2.05, 4.69) is 48.5 Å². The summed E-state index contributed by atoms with van der Waals surface area (Å²) in [6.07, 6.45) is 7.03. The molecule has 0 bridgehead atoms. The monoisotopic (exact) mass is 240 g/mol. The van der Waals surface area contributed by atoms with Crippen LogP contribution in [0.2, 0.25) is 0 Å². The molecular weight excluding hydrogens is 204 g/mol. The molecule has 0 aliphatic rings. The molecular formula is C17H36. The lowest BCUT2D eigenvalue weighted by molar-refractivity contribution is 0.164. The third kappa shape index (κ3) is 7.11. The van der Waals surface area contributed by atoms with Crippen molar-refractivity contribution in [3.05, 3.63) is 0 Å². The van der Waals surface area contributed by atoms with E-state index in [-0.39, 0.29) is 0 Å². The highest BCUT2D eigenvalue weighted by molar-refractivity contribution is 4.75. The Morgan fingerprint density at radius 2 is 1.41 bits per heavy atom. The molecule has 0 heterocycles. The van der Waals surface area contributed by atoms with Gasteiger partial charge in [-0.3, -0.25) is 0 Å². The topological polar surface area (TPSA) is 0 Å². The molecule has 0 aliphatic heterocycles. The molecule has 0 saturated heterocycles. The Morgan fingerprint density at radius 3 is 1.82 bits per heavy atom. The number of unbranched alkanes of at least 4 members (excludes halogenated alkanes) is 2. The van der Waals surface area contributed by atoms with Gasteiger partial charge in [-0.1, -0.05) is 74.1 Å². The molecule has 17 heavy (non-hydrogen) atoms. The molecule has 3 atom stereocenters. The van der Waals surface area contributed by atoms with Crippen molar-refractivity contribution in [1.29, 1.82) is 0 Å². The van der Waals surface area contributed by atoms with E-state index >= 15 is 0 Å². The average Bonchev–Trinajstić information content (AvgIpc) is 2.24. The minimum absolute atomic E-state index is 0.826. The summed E-state index contributed by atoms with van der Waals surface area (Å²) in [6.45, 7) is 16.8. The van der Waals surface area contributed by atoms with E-state index in [1.165, 1.54) is 32.1 Å². The summed E-state index contributed by atoms with van der Waals surface area (Å²) in [5.74, 6) is 4.37. The Hall–Kier alpha value is 0. The average molecular weight is 240 g/mol. The van der Waals surface area contributed by atoms with Gasteiger partial charge in [0.05, 0.1) is 0 Å². The Labute approximate surface area is 111 Å². The lowest BCUT2D eigenvalue weighted by atomic mass is 9.72. The van der Waals surface area contributed by atoms with Crippen LogP contribution in [0.1, 0.15) is 80.6 Å². The summed E-state index contributed by atoms with van der Waals surface area (Å²) < 4.78 is 0. The predicted octanol–water partition coefficient (Wildman–Crippen LogP) is 6.16. The van der Waals surface area contributed by atoms with Gasteiger partial charge in [0, 0.05) is 0 Å². The van der Waals surface area contributed by atoms with E-state index in [9.17, 15) is 0 Å². The van der Waals surface area contributed by atoms with Crippen LogP contribution in [-0.2, 0) is 0 Å². The SMILES string of the molecule is CCCCCC(C)C(CC(C)C)C(C)C(C)C. The fraction of sp³-hybridized carbons (Fsp3) is 1.00. The minimum atomic E-state index is 0.826. The van der Waals surface area contributed by atoms with Gasteiger partial charge in [0.2, 0.25) is 0 Å². The highest BCUT2D eigenvalue weighted by atomic mass is 14.3. The summed E-state index contributed by atoms with van der Waals surface area (Å²) >= 11 is 0. The molecule has 0 rings (SSSR count). The second-order valence-corrected chi connectivity index (χ2v) is 6.87. The summed E-state index contributed by atoms with van der Waals surface area (Å²) in [4.78, 5) is 0. The highest BCUT2D eigenvalue weighted by Crippen LogP contribution is 2.34. The first kappa shape index (κ1) is 17.0. The summed E-state index contributed by atoms with van der Waals surface area (Å²) in [6, 6.07) is 0. The number of rotatable bonds is 9. The largest absolute Gasteiger partial charge is 0.0654 e. The normalized spacial score (nSPS) is 17.5. The van der Waals surface area contributed by atoms with Gasteiger partial charge in [0.1, 0.15) is 0 Å². The predicted molar refractivity (Wildman–Crippen MR) is 80.3 cm³/mol. The maximum absolute atomic E-state index is 2.49. The molecule has 0 fully saturated rings. The van der Waals surface area contributed by atoms with Gasteiger partial charge >= 0.3 is 0 Å². The Balaban J connectivity index is 4.34. The Kier molecular flexibility index (Phi) is 9.00. The molecule has 0 aromatic carbocycles. The van der Waals surface area contributed by atoms with Crippen LogP contribution in [0.3, 0.4) is 0 Å². The maximum Gasteiger partial charge on any atom is -0.0358 e. The van der Waals surface area contributed by atoms with Gasteiger partial charge in [-0.25, -0.2) is 0 Å². The molecule has 0 heteroatoms. The first-order valence-electron chi connectivity index (χ1n) is 7.90. The molecule has 0 amide bonds. The first-order chi connectivity index (χ1) is 7.90. The van der Waals surface area contributed by atoms with E-state index < -0.39 is 0 Å². The van der Waals surface area contributed by atoms with Crippen LogP contribution in [0.4, 0.5) is 0 Å². The second kappa shape index (κ2) is 9.00. The molecule has 0 aliphatic carbocycles. The van der Waals surface area contributed by atoms with Crippen LogP contribution in [-0.4, -0.2) is 0 Å². The van der Waals surface area contributed by atoms with Crippen LogP contribution < -0.4 is 0 Å². The van der Waals surface area contributed by atoms with Crippen molar-refractivity contribution in [2.24, 2.45) is 29.6 Å². The summed E-state index contributed by atoms with van der Waals surface area (Å²) in [5.41, 5.74) is 0. The van der Waals surface area contributed by atoms with Crippen molar-refractivity contribution in [2.45, 2.75) is 80.6 Å². The van der Waals surface area contributed by atoms with E-state index in [4.69, 9.17) is 0 Å². The van der Waals surface area contributed by atoms with Crippen molar-refractivity contribution in [1.82, 2.24) is 0 Å². The van der Waals surface area contributed by atoms with Gasteiger partial charge < -0.3 is 0 Å². The van der Waals surface area contributed by atoms with Gasteiger partial charge in [-0.05, 0) is 36.0 Å². The van der Waals surface area contributed by atoms with Crippen molar-refractivity contribution in [3.8, 4) is 0 Å². The third-order valence-electron chi connectivity index (χ3n) is 4.46. The van der Waals surface area contributed by atoms with Gasteiger partial charge in [-0.15, -0.1) is 0 Å². The van der Waals surface area contributed by atoms with Gasteiger partial charge in [0.15, 0.2) is 0 Å². The summed E-state index contributed by atoms with van der Waals surface area (Å²) in [5, 5.41) is 0. The molecule has 104 valence electrons. The standard InChI is InChI=1S/C17H36/c1-8-9-10-11-15(6)17(12-13(2)3)16(7)14(4)5/h13-17H,8-12H2,1-7H3. The van der Waals surface area contributed by atoms with E-state index in [0.29, 0.717) is 0 Å². The molecule has 0 spiro atoms. The lowest BCUT2D eigenvalue weighted by Gasteiger charge is -2.33. The lowest BCUT2D eigenvalue weighted by Crippen LogP contribution is -2.25. The highest BCUT2D eigenvalue weighted by Gasteiger charge is 2.26. The quantitative estimate of drug-likeness (QED) is 0.424.